The topological polar surface area (TPSA) is 327 Å². The Hall–Kier alpha value is -11.4. The van der Waals surface area contributed by atoms with Gasteiger partial charge in [-0.15, -0.1) is 12.4 Å². The van der Waals surface area contributed by atoms with Gasteiger partial charge in [0.2, 0.25) is 0 Å². The number of furan rings is 3. The van der Waals surface area contributed by atoms with E-state index in [1.807, 2.05) is 142 Å². The molecule has 4 atom stereocenters. The summed E-state index contributed by atoms with van der Waals surface area (Å²) < 4.78 is 98.3. The molecule has 112 heavy (non-hydrogen) atoms. The molecule has 3 aromatic heterocycles. The number of hydrogen-bond acceptors (Lipinski definition) is 18. The minimum Gasteiger partial charge on any atom is -0.870 e. The average molecular weight is 1550 g/mol. The van der Waals surface area contributed by atoms with Gasteiger partial charge in [-0.1, -0.05) is 78.9 Å². The smallest absolute Gasteiger partial charge is 0.870 e. The van der Waals surface area contributed by atoms with Crippen LogP contribution in [-0.4, -0.2) is 76.4 Å². The van der Waals surface area contributed by atoms with Crippen LogP contribution in [0.25, 0.3) is 66.3 Å². The van der Waals surface area contributed by atoms with Crippen LogP contribution < -0.4 is 44.5 Å². The Balaban J connectivity index is 0.000000231. The number of rotatable bonds is 28. The fourth-order valence-electron chi connectivity index (χ4n) is 12.1. The molecule has 0 saturated heterocycles. The molecular weight excluding hydrogens is 1470 g/mol. The van der Waals surface area contributed by atoms with Crippen LogP contribution in [0.5, 0.6) is 17.2 Å². The van der Waals surface area contributed by atoms with E-state index >= 15 is 0 Å². The number of ether oxygens (including phenoxy) is 5. The predicted molar refractivity (Wildman–Crippen MR) is 420 cm³/mol. The molecule has 574 valence electrons. The summed E-state index contributed by atoms with van der Waals surface area (Å²) in [6.45, 7) is 8.36. The summed E-state index contributed by atoms with van der Waals surface area (Å²) in [5.41, 5.74) is 26.5. The molecule has 0 fully saturated rings. The maximum Gasteiger partial charge on any atom is 1.00 e. The largest absolute Gasteiger partial charge is 1.00 e. The first-order chi connectivity index (χ1) is 52.6. The van der Waals surface area contributed by atoms with Gasteiger partial charge in [-0.05, 0) is 188 Å². The van der Waals surface area contributed by atoms with Gasteiger partial charge < -0.3 is 59.0 Å². The van der Waals surface area contributed by atoms with E-state index in [9.17, 15) is 52.7 Å². The van der Waals surface area contributed by atoms with E-state index in [4.69, 9.17) is 48.4 Å². The van der Waals surface area contributed by atoms with Gasteiger partial charge in [-0.2, -0.15) is 15.8 Å². The second-order valence-corrected chi connectivity index (χ2v) is 28.8. The Kier molecular flexibility index (Phi) is 32.6. The second kappa shape index (κ2) is 41.6. The fourth-order valence-corrected chi connectivity index (χ4v) is 13.2. The maximum atomic E-state index is 14.1. The van der Waals surface area contributed by atoms with Crippen LogP contribution >= 0.6 is 12.4 Å². The molecule has 12 rings (SSSR count). The summed E-state index contributed by atoms with van der Waals surface area (Å²) in [6.07, 6.45) is 4.69. The number of hydrogen-bond donors (Lipinski definition) is 3. The standard InChI is InChI=1S/C33H34FNO5S.C28H25FN2O4.C26H21FN2O4.ClH.Li.H2O/c1-5-38-31(36)17-26-10-9-22(19-35)15-30(26)40-20-23-13-27-11-12-39-32(27)29(14-23)25-8-6-7-24(16-25)28(18-34)21-41(37)33(2,3)4;1-2-33-27(32)14-22-7-6-18(16-30)12-26(22)35-17-19-10-23-8-9-34-28(23)24(11-19)20-4-3-5-21(13-20)25(31)15-29;27-13-23(29)19-3-1-2-18(11-19)22-9-17(8-21-6-7-32-26(21)22)15-33-24-10-16(14-28)4-5-20(24)12-25(30)31;;;/h6-16,28H,5,17-18,20-21H2,1-4H3;3-13,25H,2,14-15,17,31H2,1H3;1-11,23H,12-13,15,29H2,(H,30,31);1H;;1H2/q;;;;+1;/p-1/t28?,41-;;;;;/m0...../s1. The van der Waals surface area contributed by atoms with Crippen molar-refractivity contribution < 1.29 is 98.1 Å². The van der Waals surface area contributed by atoms with Crippen molar-refractivity contribution in [3.8, 4) is 68.8 Å². The van der Waals surface area contributed by atoms with E-state index in [0.29, 0.717) is 78.5 Å². The first-order valence-electron chi connectivity index (χ1n) is 35.0. The monoisotopic (exact) mass is 1550 g/mol. The molecule has 0 aliphatic rings. The third kappa shape index (κ3) is 22.9. The first-order valence-corrected chi connectivity index (χ1v) is 36.3. The van der Waals surface area contributed by atoms with Crippen molar-refractivity contribution in [2.75, 3.05) is 39.0 Å². The molecule has 0 radical (unpaired) electrons. The molecule has 19 nitrogen and oxygen atoms in total. The van der Waals surface area contributed by atoms with Gasteiger partial charge in [0.25, 0.3) is 0 Å². The number of aliphatic carboxylic acids is 1. The van der Waals surface area contributed by atoms with Gasteiger partial charge in [-0.25, -0.2) is 8.78 Å². The van der Waals surface area contributed by atoms with Crippen LogP contribution in [0.1, 0.15) is 119 Å². The summed E-state index contributed by atoms with van der Waals surface area (Å²) in [5, 5.41) is 39.7. The van der Waals surface area contributed by atoms with Gasteiger partial charge in [0.1, 0.15) is 67.2 Å². The number of esters is 2. The number of nitrogens with two attached hydrogens (primary N) is 2. The van der Waals surface area contributed by atoms with Gasteiger partial charge >= 0.3 is 36.8 Å². The normalized spacial score (nSPS) is 11.9. The van der Waals surface area contributed by atoms with Crippen LogP contribution in [0.3, 0.4) is 0 Å². The number of alkyl halides is 3. The van der Waals surface area contributed by atoms with Crippen molar-refractivity contribution >= 4 is 74.0 Å². The number of carbonyl (C=O) groups excluding carboxylic acids is 2. The van der Waals surface area contributed by atoms with E-state index in [-0.39, 0.29) is 107 Å². The van der Waals surface area contributed by atoms with E-state index in [1.165, 1.54) is 6.07 Å². The number of benzene rings is 9. The SMILES string of the molecule is CCOC(=O)Cc1ccc(C#N)cc1OCc1cc(-c2cccc(C(CF)C[S@](=O)C(C)(C)C)c2)c2occc2c1.CCOC(=O)Cc1ccc(C#N)cc1OCc1cc(-c2cccc(C(N)CF)c2)c2occc2c1.Cl.N#Cc1ccc(CC(=O)O)c(OCc2cc(-c3cccc(C(N)CF)c3)c3occc3c2)c1.[Li+].[OH-]. The predicted octanol–water partition coefficient (Wildman–Crippen LogP) is 15.3. The molecular formula is C87H82ClF3LiN5O14S. The molecule has 0 amide bonds. The van der Waals surface area contributed by atoms with Crippen molar-refractivity contribution in [3.63, 3.8) is 0 Å². The molecule has 0 spiro atoms. The zero-order valence-corrected chi connectivity index (χ0v) is 64.1. The Bertz CT molecular complexity index is 5410. The molecule has 25 heteroatoms. The minimum atomic E-state index is -1.19. The fraction of sp³-hybridized carbons (Fsp3) is 0.241. The van der Waals surface area contributed by atoms with Gasteiger partial charge in [0.15, 0.2) is 0 Å². The van der Waals surface area contributed by atoms with Crippen molar-refractivity contribution in [2.24, 2.45) is 11.5 Å². The number of nitriles is 3. The number of carboxylic acid groups (broad SMARTS) is 1. The van der Waals surface area contributed by atoms with Crippen LogP contribution in [0, 0.1) is 34.0 Å². The minimum absolute atomic E-state index is 0. The van der Waals surface area contributed by atoms with Crippen LogP contribution in [0.2, 0.25) is 0 Å². The van der Waals surface area contributed by atoms with Crippen LogP contribution in [0.4, 0.5) is 13.2 Å². The van der Waals surface area contributed by atoms with Crippen molar-refractivity contribution in [3.05, 3.63) is 268 Å². The number of carboxylic acids is 1. The van der Waals surface area contributed by atoms with E-state index in [2.05, 4.69) is 12.1 Å². The molecule has 6 N–H and O–H groups in total. The Morgan fingerprint density at radius 2 is 0.830 bits per heavy atom. The number of fused-ring (bicyclic) bond motifs is 3. The zero-order chi connectivity index (χ0) is 77.7. The molecule has 9 aromatic carbocycles. The quantitative estimate of drug-likeness (QED) is 0.0303. The molecule has 0 saturated carbocycles. The molecule has 3 heterocycles. The van der Waals surface area contributed by atoms with E-state index < -0.39 is 59.5 Å². The van der Waals surface area contributed by atoms with E-state index in [0.717, 1.165) is 71.8 Å². The number of halogens is 4. The Morgan fingerprint density at radius 3 is 1.14 bits per heavy atom. The molecule has 0 bridgehead atoms. The summed E-state index contributed by atoms with van der Waals surface area (Å²) in [4.78, 5) is 35.3. The summed E-state index contributed by atoms with van der Waals surface area (Å²) in [5.74, 6) is -0.744. The molecule has 0 aliphatic heterocycles. The van der Waals surface area contributed by atoms with Crippen molar-refractivity contribution in [1.82, 2.24) is 0 Å². The van der Waals surface area contributed by atoms with Gasteiger partial charge in [0, 0.05) is 76.8 Å². The Morgan fingerprint density at radius 1 is 0.491 bits per heavy atom. The summed E-state index contributed by atoms with van der Waals surface area (Å²) >= 11 is 0. The second-order valence-electron chi connectivity index (χ2n) is 26.5. The summed E-state index contributed by atoms with van der Waals surface area (Å²) in [7, 11) is -1.19. The first kappa shape index (κ1) is 87.8. The molecule has 3 unspecified atom stereocenters. The third-order valence-electron chi connectivity index (χ3n) is 17.7. The maximum absolute atomic E-state index is 14.1. The average Bonchev–Trinajstić information content (AvgIpc) is 1.57. The summed E-state index contributed by atoms with van der Waals surface area (Å²) in [6, 6.07) is 59.1. The Labute approximate surface area is 667 Å². The van der Waals surface area contributed by atoms with Gasteiger partial charge in [-0.3, -0.25) is 23.0 Å². The van der Waals surface area contributed by atoms with Crippen LogP contribution in [-0.2, 0) is 73.7 Å². The van der Waals surface area contributed by atoms with E-state index in [1.54, 1.807) is 93.3 Å². The van der Waals surface area contributed by atoms with Gasteiger partial charge in [0.05, 0.1) is 105 Å². The molecule has 0 aliphatic carbocycles. The van der Waals surface area contributed by atoms with Crippen molar-refractivity contribution in [1.29, 1.82) is 15.8 Å². The zero-order valence-electron chi connectivity index (χ0n) is 62.5. The number of carbonyl (C=O) groups is 3. The van der Waals surface area contributed by atoms with Crippen molar-refractivity contribution in [2.45, 2.75) is 96.5 Å². The number of nitrogens with zero attached hydrogens (tertiary/aromatic N) is 3. The third-order valence-corrected chi connectivity index (χ3v) is 19.8. The van der Waals surface area contributed by atoms with Crippen LogP contribution in [0.15, 0.2) is 214 Å². The molecule has 12 aromatic rings.